The van der Waals surface area contributed by atoms with E-state index in [1.807, 2.05) is 97.9 Å². The summed E-state index contributed by atoms with van der Waals surface area (Å²) in [5.74, 6) is 3.48. The molecule has 0 saturated heterocycles. The van der Waals surface area contributed by atoms with E-state index in [-0.39, 0.29) is 96.7 Å². The molecule has 17 heteroatoms. The Kier molecular flexibility index (Phi) is 25.6. The molecule has 13 nitrogen and oxygen atoms in total. The van der Waals surface area contributed by atoms with E-state index in [9.17, 15) is 0 Å². The topological polar surface area (TPSA) is 90.6 Å². The van der Waals surface area contributed by atoms with E-state index in [0.29, 0.717) is 0 Å². The summed E-state index contributed by atoms with van der Waals surface area (Å²) in [5.41, 5.74) is 23.9. The molecule has 4 aliphatic heterocycles. The molecule has 0 amide bonds. The molecular weight excluding hydrogens is 2080 g/mol. The first-order valence-electron chi connectivity index (χ1n) is 36.3. The third kappa shape index (κ3) is 17.0. The minimum atomic E-state index is 0. The Hall–Kier alpha value is -9.62. The molecule has 8 heterocycles. The molecule has 0 N–H and O–H groups in total. The number of rotatable bonds is 8. The van der Waals surface area contributed by atoms with Crippen molar-refractivity contribution >= 4 is 113 Å². The Bertz CT molecular complexity index is 5190. The average Bonchev–Trinajstić information content (AvgIpc) is 1.59. The fourth-order valence-corrected chi connectivity index (χ4v) is 13.9. The van der Waals surface area contributed by atoms with Gasteiger partial charge in [0.05, 0.1) is 11.4 Å². The Morgan fingerprint density at radius 2 is 0.649 bits per heavy atom. The molecule has 10 aromatic carbocycles. The van der Waals surface area contributed by atoms with Gasteiger partial charge in [-0.2, -0.15) is 102 Å². The van der Waals surface area contributed by atoms with Gasteiger partial charge in [0.2, 0.25) is 0 Å². The van der Waals surface area contributed by atoms with Gasteiger partial charge in [0.15, 0.2) is 0 Å². The monoisotopic (exact) mass is 2170 g/mol. The van der Waals surface area contributed by atoms with E-state index in [1.54, 1.807) is 12.4 Å². The zero-order valence-electron chi connectivity index (χ0n) is 64.2. The molecule has 4 radical (unpaired) electrons. The summed E-state index contributed by atoms with van der Waals surface area (Å²) in [6.07, 6.45) is 7.13. The van der Waals surface area contributed by atoms with Gasteiger partial charge in [-0.05, 0) is 139 Å². The van der Waals surface area contributed by atoms with E-state index >= 15 is 0 Å². The van der Waals surface area contributed by atoms with Crippen LogP contribution < -0.4 is 39.2 Å². The van der Waals surface area contributed by atoms with Crippen LogP contribution in [-0.4, -0.2) is 19.9 Å². The predicted octanol–water partition coefficient (Wildman–Crippen LogP) is 24.2. The number of benzene rings is 10. The fourth-order valence-electron chi connectivity index (χ4n) is 13.9. The first-order chi connectivity index (χ1) is 51.7. The van der Waals surface area contributed by atoms with Crippen molar-refractivity contribution in [3.63, 3.8) is 0 Å². The minimum Gasteiger partial charge on any atom is -0.493 e. The summed E-state index contributed by atoms with van der Waals surface area (Å²) in [6, 6.07) is 94.7. The second-order valence-electron chi connectivity index (χ2n) is 30.2. The van der Waals surface area contributed by atoms with Crippen molar-refractivity contribution in [3.8, 4) is 0 Å². The van der Waals surface area contributed by atoms with Crippen molar-refractivity contribution in [2.24, 2.45) is 0 Å². The maximum atomic E-state index is 6.05. The molecule has 0 saturated carbocycles. The van der Waals surface area contributed by atoms with Crippen molar-refractivity contribution < 1.29 is 84.8 Å². The van der Waals surface area contributed by atoms with Gasteiger partial charge in [-0.1, -0.05) is 147 Å². The number of para-hydroxylation sites is 7. The van der Waals surface area contributed by atoms with Gasteiger partial charge in [-0.25, -0.2) is 19.9 Å². The van der Waals surface area contributed by atoms with E-state index in [2.05, 4.69) is 351 Å². The average molecular weight is 2170 g/mol. The maximum Gasteiger partial charge on any atom is 0.145 e. The molecule has 14 aromatic rings. The van der Waals surface area contributed by atoms with Crippen LogP contribution in [0.2, 0.25) is 0 Å². The summed E-state index contributed by atoms with van der Waals surface area (Å²) in [7, 11) is 0. The predicted molar refractivity (Wildman–Crippen MR) is 440 cm³/mol. The molecule has 0 fully saturated rings. The van der Waals surface area contributed by atoms with Crippen molar-refractivity contribution in [3.05, 3.63) is 351 Å². The smallest absolute Gasteiger partial charge is 0.145 e. The number of pyridine rings is 2. The third-order valence-corrected chi connectivity index (χ3v) is 19.8. The first-order valence-corrected chi connectivity index (χ1v) is 36.3. The summed E-state index contributed by atoms with van der Waals surface area (Å²) < 4.78 is 6.05. The zero-order chi connectivity index (χ0) is 74.3. The summed E-state index contributed by atoms with van der Waals surface area (Å²) in [5, 5.41) is 2.29. The third-order valence-electron chi connectivity index (χ3n) is 19.8. The molecule has 0 unspecified atom stereocenters. The summed E-state index contributed by atoms with van der Waals surface area (Å²) in [6.45, 7) is 37.0. The molecule has 18 rings (SSSR count). The largest absolute Gasteiger partial charge is 0.493 e. The van der Waals surface area contributed by atoms with Gasteiger partial charge in [0.1, 0.15) is 34.4 Å². The van der Waals surface area contributed by atoms with Crippen LogP contribution in [-0.2, 0) is 96.7 Å². The fraction of sp³-hybridized carbons (Fsp3) is 0.170. The number of hydrogen-bond acceptors (Lipinski definition) is 13. The van der Waals surface area contributed by atoms with E-state index in [0.717, 1.165) is 96.4 Å². The molecule has 111 heavy (non-hydrogen) atoms. The van der Waals surface area contributed by atoms with Gasteiger partial charge >= 0.3 is 0 Å². The van der Waals surface area contributed by atoms with Crippen molar-refractivity contribution in [1.29, 1.82) is 0 Å². The van der Waals surface area contributed by atoms with E-state index in [4.69, 9.17) is 4.42 Å². The number of hydrogen-bond donors (Lipinski definition) is 0. The van der Waals surface area contributed by atoms with Gasteiger partial charge in [0.25, 0.3) is 0 Å². The van der Waals surface area contributed by atoms with Crippen LogP contribution in [0.3, 0.4) is 0 Å². The zero-order valence-corrected chi connectivity index (χ0v) is 73.8. The Labute approximate surface area is 708 Å². The van der Waals surface area contributed by atoms with Crippen LogP contribution in [0.5, 0.6) is 0 Å². The van der Waals surface area contributed by atoms with Gasteiger partial charge < -0.3 is 43.6 Å². The molecule has 4 aromatic heterocycles. The van der Waals surface area contributed by atoms with Crippen LogP contribution in [0.15, 0.2) is 266 Å². The maximum absolute atomic E-state index is 6.05. The summed E-state index contributed by atoms with van der Waals surface area (Å²) >= 11 is 0. The normalized spacial score (nSPS) is 13.2. The van der Waals surface area contributed by atoms with Crippen molar-refractivity contribution in [2.75, 3.05) is 39.2 Å². The number of aromatic nitrogens is 4. The van der Waals surface area contributed by atoms with Crippen LogP contribution >= 0.6 is 0 Å². The van der Waals surface area contributed by atoms with Crippen LogP contribution in [0.1, 0.15) is 101 Å². The van der Waals surface area contributed by atoms with Crippen molar-refractivity contribution in [1.82, 2.24) is 19.9 Å². The van der Waals surface area contributed by atoms with Crippen molar-refractivity contribution in [2.45, 2.75) is 106 Å². The standard InChI is InChI=1S/C25H17N3O.C24H24N2.C23H23N3.C22H22N4.4Ir/c1-17-20(13-14-23-24(17)19-10-5-6-12-22(19)29-23)28-16-27(18-8-3-2-4-9-18)25-21(28)11-7-15-26-25;1-18-10-5-6-13-21(18)26-17-25(22-14-7-8-15-23(22)26)20-12-9-11-19(16-20)24(2,3)4;1-17-9-5-6-12-20(17)26-16-25(21-13-8-14-24-22(21)26)19-11-7-10-18(15-19)23(2,3)4;1-16-8-5-6-11-19(16)26-15-25(20-21(26)24-13-12-23-20)18-10-7-9-17(14-18)22(2,3)4;;;;/h2-8,10-16H,1H3;5-11,13-17H,1-4H3;5-10,12-16H,1-4H3;5-9,11-15H,1-4H3;;;;/q4*-2;;;;. The van der Waals surface area contributed by atoms with Crippen LogP contribution in [0, 0.1) is 78.6 Å². The molecule has 572 valence electrons. The summed E-state index contributed by atoms with van der Waals surface area (Å²) in [4.78, 5) is 35.7. The first kappa shape index (κ1) is 82.3. The number of aryl methyl sites for hydroxylation is 4. The SMILES string of the molecule is Cc1c(N2[CH-]N(c3[c-]cccc3)c3ncccc32)ccc2oc3ccccc3c12.Cc1ccccc1N1[CH-]N(c2[c-]ccc(C(C)(C)C)c2)c2ccccc21.Cc1ccccc1N1[CH-]N(c2[c-]ccc(C(C)(C)C)c2)c2cccnc21.Cc1ccccc1N1[CH-]N(c2[c-]ccc(C(C)(C)C)c2)c2nccnc21.[Ir].[Ir].[Ir].[Ir]. The molecular formula is C94H86Ir4N12O-8. The minimum absolute atomic E-state index is 0. The molecule has 4 aliphatic rings. The van der Waals surface area contributed by atoms with E-state index < -0.39 is 0 Å². The number of nitrogens with zero attached hydrogens (tertiary/aromatic N) is 12. The molecule has 0 atom stereocenters. The molecule has 0 aliphatic carbocycles. The Morgan fingerprint density at radius 3 is 1.16 bits per heavy atom. The van der Waals surface area contributed by atoms with E-state index in [1.165, 1.54) is 56.0 Å². The number of fused-ring (bicyclic) bond motifs is 7. The van der Waals surface area contributed by atoms with Crippen LogP contribution in [0.25, 0.3) is 21.9 Å². The van der Waals surface area contributed by atoms with Gasteiger partial charge in [-0.3, -0.25) is 0 Å². The number of furan rings is 1. The molecule has 0 spiro atoms. The quantitative estimate of drug-likeness (QED) is 0.135. The molecule has 0 bridgehead atoms. The second kappa shape index (κ2) is 34.6. The number of anilines is 16. The van der Waals surface area contributed by atoms with Gasteiger partial charge in [-0.15, -0.1) is 67.6 Å². The Morgan fingerprint density at radius 1 is 0.288 bits per heavy atom. The second-order valence-corrected chi connectivity index (χ2v) is 30.2. The van der Waals surface area contributed by atoms with Crippen LogP contribution in [0.4, 0.5) is 91.5 Å². The Balaban J connectivity index is 0.000000145. The van der Waals surface area contributed by atoms with Gasteiger partial charge in [0, 0.05) is 150 Å².